The molecule has 1 aliphatic heterocycles. The number of hydrogen-bond donors (Lipinski definition) is 0. The van der Waals surface area contributed by atoms with Crippen molar-refractivity contribution in [1.82, 2.24) is 4.90 Å². The molecule has 96 valence electrons. The highest BCUT2D eigenvalue weighted by Gasteiger charge is 2.35. The Bertz CT molecular complexity index is 754. The summed E-state index contributed by atoms with van der Waals surface area (Å²) in [6.45, 7) is 0. The van der Waals surface area contributed by atoms with Crippen LogP contribution >= 0.6 is 0 Å². The summed E-state index contributed by atoms with van der Waals surface area (Å²) in [4.78, 5) is 26.6. The normalized spacial score (nSPS) is 17.5. The van der Waals surface area contributed by atoms with E-state index in [0.29, 0.717) is 11.1 Å². The van der Waals surface area contributed by atoms with Gasteiger partial charge in [-0.1, -0.05) is 48.6 Å². The lowest BCUT2D eigenvalue weighted by Crippen LogP contribution is -2.45. The summed E-state index contributed by atoms with van der Waals surface area (Å²) in [5.41, 5.74) is 1.21. The lowest BCUT2D eigenvalue weighted by molar-refractivity contribution is 0.0596. The first-order valence-electron chi connectivity index (χ1n) is 6.52. The molecular formula is C17H11NO2. The van der Waals surface area contributed by atoms with E-state index in [2.05, 4.69) is 0 Å². The molecule has 0 radical (unpaired) electrons. The smallest absolute Gasteiger partial charge is 0.262 e. The van der Waals surface area contributed by atoms with E-state index in [0.717, 1.165) is 10.8 Å². The van der Waals surface area contributed by atoms with Crippen LogP contribution in [0.3, 0.4) is 0 Å². The Labute approximate surface area is 115 Å². The first-order valence-corrected chi connectivity index (χ1v) is 6.52. The Morgan fingerprint density at radius 2 is 1.35 bits per heavy atom. The Hall–Kier alpha value is -2.68. The van der Waals surface area contributed by atoms with Gasteiger partial charge in [0.2, 0.25) is 0 Å². The topological polar surface area (TPSA) is 37.4 Å². The number of allylic oxidation sites excluding steroid dienone is 2. The second-order valence-corrected chi connectivity index (χ2v) is 4.95. The van der Waals surface area contributed by atoms with E-state index in [1.807, 2.05) is 48.6 Å². The molecule has 2 aliphatic rings. The number of carbonyl (C=O) groups excluding carboxylic acids is 2. The maximum atomic E-state index is 12.6. The molecule has 3 nitrogen and oxygen atoms in total. The number of amides is 2. The van der Waals surface area contributed by atoms with Crippen molar-refractivity contribution in [2.75, 3.05) is 0 Å². The summed E-state index contributed by atoms with van der Waals surface area (Å²) in [6.07, 6.45) is 7.41. The highest BCUT2D eigenvalue weighted by Crippen LogP contribution is 2.31. The standard InChI is InChI=1S/C17H11NO2/c19-16-13-9-3-5-11-6-4-10-14(15(11)13)17(20)18(16)12-7-1-2-8-12/h1-10,12H. The van der Waals surface area contributed by atoms with E-state index in [1.165, 1.54) is 4.90 Å². The molecule has 0 saturated carbocycles. The molecule has 0 aromatic heterocycles. The quantitative estimate of drug-likeness (QED) is 0.740. The lowest BCUT2D eigenvalue weighted by atomic mass is 9.93. The number of benzene rings is 2. The third-order valence-corrected chi connectivity index (χ3v) is 3.83. The molecule has 2 aromatic rings. The fraction of sp³-hybridized carbons (Fsp3) is 0.0588. The average Bonchev–Trinajstić information content (AvgIpc) is 2.99. The Kier molecular flexibility index (Phi) is 2.18. The molecule has 1 aliphatic carbocycles. The van der Waals surface area contributed by atoms with Crippen LogP contribution in [0, 0.1) is 0 Å². The monoisotopic (exact) mass is 261 g/mol. The molecule has 0 saturated heterocycles. The van der Waals surface area contributed by atoms with Crippen molar-refractivity contribution >= 4 is 22.6 Å². The summed E-state index contributed by atoms with van der Waals surface area (Å²) in [6, 6.07) is 10.9. The van der Waals surface area contributed by atoms with Crippen LogP contribution < -0.4 is 0 Å². The van der Waals surface area contributed by atoms with Crippen molar-refractivity contribution < 1.29 is 9.59 Å². The van der Waals surface area contributed by atoms with Crippen molar-refractivity contribution in [1.29, 1.82) is 0 Å². The first-order chi connectivity index (χ1) is 9.77. The summed E-state index contributed by atoms with van der Waals surface area (Å²) in [7, 11) is 0. The minimum Gasteiger partial charge on any atom is -0.269 e. The van der Waals surface area contributed by atoms with Crippen LogP contribution in [0.1, 0.15) is 20.7 Å². The van der Waals surface area contributed by atoms with Gasteiger partial charge in [0, 0.05) is 16.5 Å². The van der Waals surface area contributed by atoms with Gasteiger partial charge in [-0.05, 0) is 17.5 Å². The van der Waals surface area contributed by atoms with Crippen LogP contribution in [0.2, 0.25) is 0 Å². The largest absolute Gasteiger partial charge is 0.269 e. The van der Waals surface area contributed by atoms with Crippen molar-refractivity contribution in [2.45, 2.75) is 6.04 Å². The predicted molar refractivity (Wildman–Crippen MR) is 76.5 cm³/mol. The second-order valence-electron chi connectivity index (χ2n) is 4.95. The highest BCUT2D eigenvalue weighted by molar-refractivity contribution is 6.25. The van der Waals surface area contributed by atoms with Gasteiger partial charge in [0.25, 0.3) is 11.8 Å². The Balaban J connectivity index is 2.00. The highest BCUT2D eigenvalue weighted by atomic mass is 16.2. The number of nitrogens with zero attached hydrogens (tertiary/aromatic N) is 1. The lowest BCUT2D eigenvalue weighted by Gasteiger charge is -2.30. The van der Waals surface area contributed by atoms with Gasteiger partial charge in [0.05, 0.1) is 6.04 Å². The van der Waals surface area contributed by atoms with Crippen molar-refractivity contribution in [3.05, 3.63) is 71.8 Å². The van der Waals surface area contributed by atoms with Gasteiger partial charge >= 0.3 is 0 Å². The zero-order valence-corrected chi connectivity index (χ0v) is 10.6. The van der Waals surface area contributed by atoms with Gasteiger partial charge in [0.1, 0.15) is 0 Å². The molecule has 0 fully saturated rings. The fourth-order valence-electron chi connectivity index (χ4n) is 2.91. The van der Waals surface area contributed by atoms with Crippen molar-refractivity contribution in [3.8, 4) is 0 Å². The fourth-order valence-corrected chi connectivity index (χ4v) is 2.91. The van der Waals surface area contributed by atoms with Crippen LogP contribution in [0.15, 0.2) is 60.7 Å². The van der Waals surface area contributed by atoms with Gasteiger partial charge < -0.3 is 0 Å². The van der Waals surface area contributed by atoms with Gasteiger partial charge in [-0.15, -0.1) is 0 Å². The third kappa shape index (κ3) is 1.35. The Morgan fingerprint density at radius 3 is 1.90 bits per heavy atom. The number of rotatable bonds is 1. The van der Waals surface area contributed by atoms with Crippen molar-refractivity contribution in [2.24, 2.45) is 0 Å². The van der Waals surface area contributed by atoms with Gasteiger partial charge in [-0.25, -0.2) is 0 Å². The molecule has 0 bridgehead atoms. The van der Waals surface area contributed by atoms with Gasteiger partial charge in [0.15, 0.2) is 0 Å². The maximum Gasteiger partial charge on any atom is 0.262 e. The molecule has 2 aromatic carbocycles. The first kappa shape index (κ1) is 11.2. The van der Waals surface area contributed by atoms with Crippen LogP contribution in [0.25, 0.3) is 10.8 Å². The molecule has 1 heterocycles. The maximum absolute atomic E-state index is 12.6. The van der Waals surface area contributed by atoms with Crippen LogP contribution in [0.4, 0.5) is 0 Å². The molecule has 0 N–H and O–H groups in total. The number of imide groups is 1. The molecule has 0 unspecified atom stereocenters. The number of carbonyl (C=O) groups is 2. The van der Waals surface area contributed by atoms with Gasteiger partial charge in [-0.2, -0.15) is 0 Å². The summed E-state index contributed by atoms with van der Waals surface area (Å²) >= 11 is 0. The van der Waals surface area contributed by atoms with E-state index in [1.54, 1.807) is 12.1 Å². The summed E-state index contributed by atoms with van der Waals surface area (Å²) in [5, 5.41) is 1.70. The van der Waals surface area contributed by atoms with Gasteiger partial charge in [-0.3, -0.25) is 14.5 Å². The molecule has 2 amide bonds. The van der Waals surface area contributed by atoms with E-state index >= 15 is 0 Å². The third-order valence-electron chi connectivity index (χ3n) is 3.83. The van der Waals surface area contributed by atoms with Crippen LogP contribution in [-0.2, 0) is 0 Å². The number of hydrogen-bond acceptors (Lipinski definition) is 2. The predicted octanol–water partition coefficient (Wildman–Crippen LogP) is 2.93. The zero-order valence-electron chi connectivity index (χ0n) is 10.6. The zero-order chi connectivity index (χ0) is 13.7. The van der Waals surface area contributed by atoms with E-state index in [4.69, 9.17) is 0 Å². The van der Waals surface area contributed by atoms with Crippen LogP contribution in [0.5, 0.6) is 0 Å². The summed E-state index contributed by atoms with van der Waals surface area (Å²) in [5.74, 6) is -0.444. The van der Waals surface area contributed by atoms with E-state index in [-0.39, 0.29) is 17.9 Å². The molecular weight excluding hydrogens is 250 g/mol. The minimum atomic E-state index is -0.279. The molecule has 4 rings (SSSR count). The molecule has 20 heavy (non-hydrogen) atoms. The molecule has 0 atom stereocenters. The molecule has 0 spiro atoms. The van der Waals surface area contributed by atoms with E-state index < -0.39 is 0 Å². The van der Waals surface area contributed by atoms with Crippen molar-refractivity contribution in [3.63, 3.8) is 0 Å². The summed E-state index contributed by atoms with van der Waals surface area (Å²) < 4.78 is 0. The van der Waals surface area contributed by atoms with Crippen LogP contribution in [-0.4, -0.2) is 22.8 Å². The Morgan fingerprint density at radius 1 is 0.800 bits per heavy atom. The minimum absolute atomic E-state index is 0.222. The molecule has 3 heteroatoms. The van der Waals surface area contributed by atoms with E-state index in [9.17, 15) is 9.59 Å². The SMILES string of the molecule is O=C1c2cccc3cccc(c23)C(=O)N1C1C=CC=C1. The average molecular weight is 261 g/mol. The second kappa shape index (κ2) is 3.90.